The van der Waals surface area contributed by atoms with Crippen LogP contribution in [0.2, 0.25) is 0 Å². The zero-order chi connectivity index (χ0) is 17.4. The molecule has 130 valence electrons. The zero-order valence-electron chi connectivity index (χ0n) is 14.7. The summed E-state index contributed by atoms with van der Waals surface area (Å²) in [5.74, 6) is 0.157. The predicted molar refractivity (Wildman–Crippen MR) is 105 cm³/mol. The van der Waals surface area contributed by atoms with Gasteiger partial charge in [-0.3, -0.25) is 4.79 Å². The molecule has 0 N–H and O–H groups in total. The number of hydrogen-bond donors (Lipinski definition) is 0. The van der Waals surface area contributed by atoms with Gasteiger partial charge in [0.1, 0.15) is 5.69 Å². The van der Waals surface area contributed by atoms with Gasteiger partial charge in [0.25, 0.3) is 5.91 Å². The van der Waals surface area contributed by atoms with Crippen molar-refractivity contribution in [3.05, 3.63) is 53.5 Å². The van der Waals surface area contributed by atoms with E-state index in [1.807, 2.05) is 11.0 Å². The SMILES string of the molecule is CC(C)n1c(C(=O)N2CCN(c3ccccc3)CC2)cc2sccc21. The molecule has 4 nitrogen and oxygen atoms in total. The van der Waals surface area contributed by atoms with Crippen LogP contribution in [-0.2, 0) is 0 Å². The lowest BCUT2D eigenvalue weighted by atomic mass is 10.2. The largest absolute Gasteiger partial charge is 0.368 e. The number of para-hydroxylation sites is 1. The Bertz CT molecular complexity index is 873. The minimum Gasteiger partial charge on any atom is -0.368 e. The molecule has 3 heterocycles. The molecule has 2 aromatic heterocycles. The first-order valence-electron chi connectivity index (χ1n) is 8.83. The van der Waals surface area contributed by atoms with E-state index in [4.69, 9.17) is 0 Å². The number of hydrogen-bond acceptors (Lipinski definition) is 3. The summed E-state index contributed by atoms with van der Waals surface area (Å²) < 4.78 is 3.37. The third kappa shape index (κ3) is 2.93. The van der Waals surface area contributed by atoms with Gasteiger partial charge >= 0.3 is 0 Å². The van der Waals surface area contributed by atoms with Crippen LogP contribution in [0.5, 0.6) is 0 Å². The second-order valence-electron chi connectivity index (χ2n) is 6.78. The van der Waals surface area contributed by atoms with Gasteiger partial charge in [0, 0.05) is 37.9 Å². The van der Waals surface area contributed by atoms with E-state index in [2.05, 4.69) is 65.1 Å². The Morgan fingerprint density at radius 2 is 1.76 bits per heavy atom. The maximum atomic E-state index is 13.1. The molecule has 0 radical (unpaired) electrons. The number of thiophene rings is 1. The highest BCUT2D eigenvalue weighted by Crippen LogP contribution is 2.29. The molecule has 5 heteroatoms. The molecule has 1 amide bonds. The van der Waals surface area contributed by atoms with Crippen LogP contribution >= 0.6 is 11.3 Å². The maximum absolute atomic E-state index is 13.1. The van der Waals surface area contributed by atoms with E-state index in [1.165, 1.54) is 15.9 Å². The zero-order valence-corrected chi connectivity index (χ0v) is 15.5. The van der Waals surface area contributed by atoms with Crippen molar-refractivity contribution in [2.75, 3.05) is 31.1 Å². The van der Waals surface area contributed by atoms with E-state index in [1.54, 1.807) is 11.3 Å². The van der Waals surface area contributed by atoms with E-state index in [9.17, 15) is 4.79 Å². The molecular formula is C20H23N3OS. The average molecular weight is 353 g/mol. The van der Waals surface area contributed by atoms with E-state index in [0.717, 1.165) is 31.9 Å². The molecule has 1 fully saturated rings. The minimum atomic E-state index is 0.157. The number of aromatic nitrogens is 1. The summed E-state index contributed by atoms with van der Waals surface area (Å²) in [6, 6.07) is 14.9. The molecule has 4 rings (SSSR count). The average Bonchev–Trinajstić information content (AvgIpc) is 3.22. The van der Waals surface area contributed by atoms with Crippen LogP contribution in [0.4, 0.5) is 5.69 Å². The van der Waals surface area contributed by atoms with Gasteiger partial charge < -0.3 is 14.4 Å². The van der Waals surface area contributed by atoms with Crippen molar-refractivity contribution in [3.63, 3.8) is 0 Å². The van der Waals surface area contributed by atoms with Crippen LogP contribution in [-0.4, -0.2) is 41.6 Å². The van der Waals surface area contributed by atoms with Gasteiger partial charge in [0.15, 0.2) is 0 Å². The van der Waals surface area contributed by atoms with E-state index in [-0.39, 0.29) is 11.9 Å². The summed E-state index contributed by atoms with van der Waals surface area (Å²) >= 11 is 1.70. The molecular weight excluding hydrogens is 330 g/mol. The van der Waals surface area contributed by atoms with E-state index < -0.39 is 0 Å². The third-order valence-corrected chi connectivity index (χ3v) is 5.74. The van der Waals surface area contributed by atoms with Gasteiger partial charge in [-0.1, -0.05) is 18.2 Å². The van der Waals surface area contributed by atoms with Crippen LogP contribution in [0.1, 0.15) is 30.4 Å². The Morgan fingerprint density at radius 3 is 2.44 bits per heavy atom. The highest BCUT2D eigenvalue weighted by Gasteiger charge is 2.26. The van der Waals surface area contributed by atoms with Crippen LogP contribution < -0.4 is 4.90 Å². The lowest BCUT2D eigenvalue weighted by Crippen LogP contribution is -2.49. The smallest absolute Gasteiger partial charge is 0.270 e. The van der Waals surface area contributed by atoms with Crippen molar-refractivity contribution in [2.45, 2.75) is 19.9 Å². The first kappa shape index (κ1) is 16.2. The lowest BCUT2D eigenvalue weighted by Gasteiger charge is -2.36. The summed E-state index contributed by atoms with van der Waals surface area (Å²) in [6.45, 7) is 7.58. The van der Waals surface area contributed by atoms with Crippen molar-refractivity contribution < 1.29 is 4.79 Å². The van der Waals surface area contributed by atoms with Crippen LogP contribution in [0.25, 0.3) is 10.2 Å². The summed E-state index contributed by atoms with van der Waals surface area (Å²) in [5.41, 5.74) is 3.23. The highest BCUT2D eigenvalue weighted by atomic mass is 32.1. The maximum Gasteiger partial charge on any atom is 0.270 e. The number of nitrogens with zero attached hydrogens (tertiary/aromatic N) is 3. The first-order valence-corrected chi connectivity index (χ1v) is 9.71. The number of carbonyl (C=O) groups is 1. The molecule has 3 aromatic rings. The Morgan fingerprint density at radius 1 is 1.04 bits per heavy atom. The summed E-state index contributed by atoms with van der Waals surface area (Å²) in [4.78, 5) is 17.5. The number of carbonyl (C=O) groups excluding carboxylic acids is 1. The monoisotopic (exact) mass is 353 g/mol. The molecule has 1 aliphatic rings. The fourth-order valence-electron chi connectivity index (χ4n) is 3.63. The highest BCUT2D eigenvalue weighted by molar-refractivity contribution is 7.17. The van der Waals surface area contributed by atoms with Gasteiger partial charge in [-0.2, -0.15) is 0 Å². The van der Waals surface area contributed by atoms with Crippen molar-refractivity contribution in [2.24, 2.45) is 0 Å². The number of amides is 1. The number of fused-ring (bicyclic) bond motifs is 1. The molecule has 0 unspecified atom stereocenters. The van der Waals surface area contributed by atoms with Gasteiger partial charge in [0.2, 0.25) is 0 Å². The van der Waals surface area contributed by atoms with E-state index >= 15 is 0 Å². The first-order chi connectivity index (χ1) is 12.1. The molecule has 25 heavy (non-hydrogen) atoms. The number of rotatable bonds is 3. The standard InChI is InChI=1S/C20H23N3OS/c1-15(2)23-17-8-13-25-19(17)14-18(23)20(24)22-11-9-21(10-12-22)16-6-4-3-5-7-16/h3-8,13-15H,9-12H2,1-2H3. The fourth-order valence-corrected chi connectivity index (χ4v) is 4.44. The third-order valence-electron chi connectivity index (χ3n) is 4.88. The molecule has 1 aliphatic heterocycles. The molecule has 0 spiro atoms. The molecule has 0 aliphatic carbocycles. The van der Waals surface area contributed by atoms with Crippen molar-refractivity contribution in [3.8, 4) is 0 Å². The van der Waals surface area contributed by atoms with Gasteiger partial charge in [-0.25, -0.2) is 0 Å². The second-order valence-corrected chi connectivity index (χ2v) is 7.73. The van der Waals surface area contributed by atoms with Crippen molar-refractivity contribution >= 4 is 33.1 Å². The Balaban J connectivity index is 1.53. The molecule has 0 atom stereocenters. The fraction of sp³-hybridized carbons (Fsp3) is 0.350. The quantitative estimate of drug-likeness (QED) is 0.704. The number of piperazine rings is 1. The molecule has 1 aromatic carbocycles. The number of anilines is 1. The normalized spacial score (nSPS) is 15.3. The molecule has 1 saturated heterocycles. The summed E-state index contributed by atoms with van der Waals surface area (Å²) in [6.07, 6.45) is 0. The summed E-state index contributed by atoms with van der Waals surface area (Å²) in [5, 5.41) is 2.09. The molecule has 0 saturated carbocycles. The minimum absolute atomic E-state index is 0.157. The van der Waals surface area contributed by atoms with Gasteiger partial charge in [0.05, 0.1) is 10.2 Å². The summed E-state index contributed by atoms with van der Waals surface area (Å²) in [7, 11) is 0. The van der Waals surface area contributed by atoms with Crippen molar-refractivity contribution in [1.82, 2.24) is 9.47 Å². The van der Waals surface area contributed by atoms with Gasteiger partial charge in [-0.05, 0) is 43.5 Å². The van der Waals surface area contributed by atoms with Crippen molar-refractivity contribution in [1.29, 1.82) is 0 Å². The predicted octanol–water partition coefficient (Wildman–Crippen LogP) is 4.25. The molecule has 0 bridgehead atoms. The van der Waals surface area contributed by atoms with Crippen LogP contribution in [0.15, 0.2) is 47.8 Å². The Labute approximate surface area is 152 Å². The van der Waals surface area contributed by atoms with Crippen LogP contribution in [0.3, 0.4) is 0 Å². The second kappa shape index (κ2) is 6.56. The Hall–Kier alpha value is -2.27. The lowest BCUT2D eigenvalue weighted by molar-refractivity contribution is 0.0735. The van der Waals surface area contributed by atoms with Crippen LogP contribution in [0, 0.1) is 0 Å². The van der Waals surface area contributed by atoms with E-state index in [0.29, 0.717) is 0 Å². The van der Waals surface area contributed by atoms with Gasteiger partial charge in [-0.15, -0.1) is 11.3 Å². The number of benzene rings is 1. The Kier molecular flexibility index (Phi) is 4.25. The topological polar surface area (TPSA) is 28.5 Å².